The second-order valence-electron chi connectivity index (χ2n) is 8.47. The summed E-state index contributed by atoms with van der Waals surface area (Å²) >= 11 is 0. The highest BCUT2D eigenvalue weighted by atomic mass is 32.2. The van der Waals surface area contributed by atoms with E-state index in [1.165, 1.54) is 5.57 Å². The molecule has 0 radical (unpaired) electrons. The summed E-state index contributed by atoms with van der Waals surface area (Å²) in [6, 6.07) is 14.9. The molecular formula is C27H30O2S. The van der Waals surface area contributed by atoms with Crippen LogP contribution in [0.3, 0.4) is 0 Å². The van der Waals surface area contributed by atoms with E-state index in [0.717, 1.165) is 22.3 Å². The van der Waals surface area contributed by atoms with Gasteiger partial charge in [-0.05, 0) is 73.1 Å². The lowest BCUT2D eigenvalue weighted by Crippen LogP contribution is -2.23. The van der Waals surface area contributed by atoms with Gasteiger partial charge in [0.1, 0.15) is 0 Å². The normalized spacial score (nSPS) is 17.0. The van der Waals surface area contributed by atoms with Crippen molar-refractivity contribution < 1.29 is 8.42 Å². The van der Waals surface area contributed by atoms with Gasteiger partial charge in [-0.3, -0.25) is 0 Å². The summed E-state index contributed by atoms with van der Waals surface area (Å²) in [5.74, 6) is 0. The molecule has 0 amide bonds. The molecule has 1 aliphatic carbocycles. The molecule has 0 aliphatic heterocycles. The van der Waals surface area contributed by atoms with Crippen LogP contribution in [0.25, 0.3) is 10.5 Å². The third-order valence-corrected chi connectivity index (χ3v) is 7.63. The van der Waals surface area contributed by atoms with Crippen LogP contribution in [0.4, 0.5) is 0 Å². The largest absolute Gasteiger partial charge is 0.219 e. The summed E-state index contributed by atoms with van der Waals surface area (Å²) in [5.41, 5.74) is 5.11. The molecule has 0 heterocycles. The van der Waals surface area contributed by atoms with Gasteiger partial charge in [0.15, 0.2) is 0 Å². The Hall–Kier alpha value is -2.65. The highest BCUT2D eigenvalue weighted by Crippen LogP contribution is 2.43. The molecule has 156 valence electrons. The first kappa shape index (κ1) is 22.0. The molecule has 0 bridgehead atoms. The van der Waals surface area contributed by atoms with E-state index in [-0.39, 0.29) is 5.41 Å². The van der Waals surface area contributed by atoms with Crippen molar-refractivity contribution in [1.29, 1.82) is 0 Å². The van der Waals surface area contributed by atoms with Crippen molar-refractivity contribution in [2.24, 2.45) is 0 Å². The Kier molecular flexibility index (Phi) is 6.33. The van der Waals surface area contributed by atoms with Crippen molar-refractivity contribution in [3.05, 3.63) is 101 Å². The molecule has 0 spiro atoms. The smallest absolute Gasteiger partial charge is 0.206 e. The van der Waals surface area contributed by atoms with E-state index >= 15 is 0 Å². The van der Waals surface area contributed by atoms with Crippen molar-refractivity contribution in [1.82, 2.24) is 0 Å². The van der Waals surface area contributed by atoms with Gasteiger partial charge in [0.2, 0.25) is 9.84 Å². The SMILES string of the molecule is C/C=C(C)/C=C/C=C(\C)c1ccc2c(c1)C(S(=O)(=O)c1ccccc1)=CCC2(C)C. The summed E-state index contributed by atoms with van der Waals surface area (Å²) in [7, 11) is -3.58. The van der Waals surface area contributed by atoms with Gasteiger partial charge in [-0.15, -0.1) is 0 Å². The lowest BCUT2D eigenvalue weighted by atomic mass is 9.75. The summed E-state index contributed by atoms with van der Waals surface area (Å²) in [4.78, 5) is 0.752. The molecule has 2 nitrogen and oxygen atoms in total. The molecule has 0 saturated carbocycles. The minimum atomic E-state index is -3.58. The van der Waals surface area contributed by atoms with Crippen LogP contribution in [0.15, 0.2) is 89.4 Å². The molecule has 3 rings (SSSR count). The number of allylic oxidation sites excluding steroid dienone is 7. The Morgan fingerprint density at radius 3 is 2.40 bits per heavy atom. The maximum absolute atomic E-state index is 13.4. The molecule has 0 aromatic heterocycles. The maximum atomic E-state index is 13.4. The lowest BCUT2D eigenvalue weighted by molar-refractivity contribution is 0.527. The van der Waals surface area contributed by atoms with Crippen molar-refractivity contribution >= 4 is 20.3 Å². The lowest BCUT2D eigenvalue weighted by Gasteiger charge is -2.32. The minimum Gasteiger partial charge on any atom is -0.219 e. The maximum Gasteiger partial charge on any atom is 0.206 e. The summed E-state index contributed by atoms with van der Waals surface area (Å²) < 4.78 is 26.8. The second kappa shape index (κ2) is 8.61. The molecule has 30 heavy (non-hydrogen) atoms. The van der Waals surface area contributed by atoms with E-state index in [9.17, 15) is 8.42 Å². The van der Waals surface area contributed by atoms with Crippen molar-refractivity contribution in [2.75, 3.05) is 0 Å². The van der Waals surface area contributed by atoms with Crippen molar-refractivity contribution in [2.45, 2.75) is 51.3 Å². The van der Waals surface area contributed by atoms with Crippen LogP contribution < -0.4 is 0 Å². The van der Waals surface area contributed by atoms with E-state index in [0.29, 0.717) is 16.2 Å². The van der Waals surface area contributed by atoms with Gasteiger partial charge in [0.05, 0.1) is 9.80 Å². The van der Waals surface area contributed by atoms with E-state index in [4.69, 9.17) is 0 Å². The van der Waals surface area contributed by atoms with Gasteiger partial charge in [0.25, 0.3) is 0 Å². The molecule has 0 saturated heterocycles. The van der Waals surface area contributed by atoms with E-state index in [1.54, 1.807) is 24.3 Å². The summed E-state index contributed by atoms with van der Waals surface area (Å²) in [6.07, 6.45) is 10.8. The van der Waals surface area contributed by atoms with Gasteiger partial charge in [-0.2, -0.15) is 0 Å². The average molecular weight is 419 g/mol. The molecule has 0 atom stereocenters. The predicted molar refractivity (Wildman–Crippen MR) is 128 cm³/mol. The first-order valence-electron chi connectivity index (χ1n) is 10.3. The van der Waals surface area contributed by atoms with Gasteiger partial charge < -0.3 is 0 Å². The Bertz CT molecular complexity index is 1160. The quantitative estimate of drug-likeness (QED) is 0.485. The standard InChI is InChI=1S/C27H30O2S/c1-6-20(2)11-10-12-21(3)22-15-16-25-24(19-22)26(17-18-27(25,4)5)30(28,29)23-13-8-7-9-14-23/h6-17,19H,18H2,1-5H3/b11-10+,20-6+,21-12+. The van der Waals surface area contributed by atoms with Crippen LogP contribution in [-0.4, -0.2) is 8.42 Å². The number of hydrogen-bond acceptors (Lipinski definition) is 2. The Balaban J connectivity index is 2.10. The van der Waals surface area contributed by atoms with Crippen LogP contribution >= 0.6 is 0 Å². The molecule has 0 unspecified atom stereocenters. The van der Waals surface area contributed by atoms with Gasteiger partial charge in [0, 0.05) is 0 Å². The first-order chi connectivity index (χ1) is 14.2. The van der Waals surface area contributed by atoms with Gasteiger partial charge in [-0.1, -0.05) is 80.1 Å². The molecule has 0 fully saturated rings. The Labute approximate surface area is 181 Å². The predicted octanol–water partition coefficient (Wildman–Crippen LogP) is 7.11. The number of sulfone groups is 1. The van der Waals surface area contributed by atoms with Crippen LogP contribution in [0.5, 0.6) is 0 Å². The summed E-state index contributed by atoms with van der Waals surface area (Å²) in [6.45, 7) is 10.5. The van der Waals surface area contributed by atoms with Crippen LogP contribution in [-0.2, 0) is 15.3 Å². The average Bonchev–Trinajstić information content (AvgIpc) is 2.73. The Morgan fingerprint density at radius 2 is 1.73 bits per heavy atom. The third-order valence-electron chi connectivity index (χ3n) is 5.77. The van der Waals surface area contributed by atoms with Crippen molar-refractivity contribution in [3.8, 4) is 0 Å². The monoisotopic (exact) mass is 418 g/mol. The fourth-order valence-corrected chi connectivity index (χ4v) is 5.20. The molecule has 0 N–H and O–H groups in total. The minimum absolute atomic E-state index is 0.107. The molecular weight excluding hydrogens is 388 g/mol. The zero-order chi connectivity index (χ0) is 21.9. The second-order valence-corrected chi connectivity index (χ2v) is 10.4. The highest BCUT2D eigenvalue weighted by molar-refractivity contribution is 8.00. The zero-order valence-electron chi connectivity index (χ0n) is 18.4. The van der Waals surface area contributed by atoms with E-state index in [1.807, 2.05) is 31.2 Å². The van der Waals surface area contributed by atoms with Crippen LogP contribution in [0, 0.1) is 0 Å². The fourth-order valence-electron chi connectivity index (χ4n) is 3.67. The number of hydrogen-bond donors (Lipinski definition) is 0. The summed E-state index contributed by atoms with van der Waals surface area (Å²) in [5, 5.41) is 0. The van der Waals surface area contributed by atoms with E-state index < -0.39 is 9.84 Å². The van der Waals surface area contributed by atoms with Crippen molar-refractivity contribution in [3.63, 3.8) is 0 Å². The van der Waals surface area contributed by atoms with Gasteiger partial charge in [-0.25, -0.2) is 8.42 Å². The molecule has 2 aromatic carbocycles. The topological polar surface area (TPSA) is 34.1 Å². The number of benzene rings is 2. The van der Waals surface area contributed by atoms with Crippen LogP contribution in [0.2, 0.25) is 0 Å². The fraction of sp³-hybridized carbons (Fsp3) is 0.259. The van der Waals surface area contributed by atoms with Crippen LogP contribution in [0.1, 0.15) is 57.7 Å². The highest BCUT2D eigenvalue weighted by Gasteiger charge is 2.33. The Morgan fingerprint density at radius 1 is 1.03 bits per heavy atom. The first-order valence-corrected chi connectivity index (χ1v) is 11.8. The molecule has 1 aliphatic rings. The van der Waals surface area contributed by atoms with E-state index in [2.05, 4.69) is 58.1 Å². The molecule has 3 heteroatoms. The van der Waals surface area contributed by atoms with Gasteiger partial charge >= 0.3 is 0 Å². The number of rotatable bonds is 5. The molecule has 2 aromatic rings. The number of fused-ring (bicyclic) bond motifs is 1. The zero-order valence-corrected chi connectivity index (χ0v) is 19.3. The third kappa shape index (κ3) is 4.41.